The molecule has 102 valence electrons. The molecule has 17 heavy (non-hydrogen) atoms. The molecule has 0 rings (SSSR count). The summed E-state index contributed by atoms with van der Waals surface area (Å²) in [5, 5.41) is 3.32. The van der Waals surface area contributed by atoms with Gasteiger partial charge in [-0.25, -0.2) is 4.79 Å². The summed E-state index contributed by atoms with van der Waals surface area (Å²) in [5.41, 5.74) is -0.417. The van der Waals surface area contributed by atoms with Crippen LogP contribution in [0.15, 0.2) is 0 Å². The van der Waals surface area contributed by atoms with Crippen molar-refractivity contribution in [1.29, 1.82) is 0 Å². The smallest absolute Gasteiger partial charge is 0.410 e. The van der Waals surface area contributed by atoms with E-state index in [1.54, 1.807) is 11.9 Å². The number of nitrogens with one attached hydrogen (secondary N) is 1. The van der Waals surface area contributed by atoms with Crippen LogP contribution in [0.4, 0.5) is 4.79 Å². The molecule has 0 saturated heterocycles. The minimum Gasteiger partial charge on any atom is -0.444 e. The lowest BCUT2D eigenvalue weighted by molar-refractivity contribution is 0.0300. The van der Waals surface area contributed by atoms with E-state index in [9.17, 15) is 4.79 Å². The highest BCUT2D eigenvalue weighted by atomic mass is 16.6. The van der Waals surface area contributed by atoms with Gasteiger partial charge in [0.25, 0.3) is 0 Å². The van der Waals surface area contributed by atoms with Crippen molar-refractivity contribution in [3.8, 4) is 0 Å². The third-order valence-corrected chi connectivity index (χ3v) is 2.29. The highest BCUT2D eigenvalue weighted by molar-refractivity contribution is 5.67. The molecule has 0 bridgehead atoms. The molecule has 4 nitrogen and oxygen atoms in total. The van der Waals surface area contributed by atoms with E-state index in [1.165, 1.54) is 19.3 Å². The summed E-state index contributed by atoms with van der Waals surface area (Å²) >= 11 is 0. The van der Waals surface area contributed by atoms with Crippen molar-refractivity contribution >= 4 is 6.09 Å². The number of carbonyl (C=O) groups excluding carboxylic acids is 1. The number of unbranched alkanes of at least 4 members (excludes halogenated alkanes) is 2. The van der Waals surface area contributed by atoms with Crippen LogP contribution in [0.3, 0.4) is 0 Å². The summed E-state index contributed by atoms with van der Waals surface area (Å²) in [6, 6.07) is 0. The second-order valence-corrected chi connectivity index (χ2v) is 5.36. The highest BCUT2D eigenvalue weighted by Gasteiger charge is 2.18. The van der Waals surface area contributed by atoms with Gasteiger partial charge in [0.15, 0.2) is 0 Å². The zero-order valence-corrected chi connectivity index (χ0v) is 12.0. The molecule has 1 amide bonds. The van der Waals surface area contributed by atoms with Gasteiger partial charge in [-0.2, -0.15) is 0 Å². The first-order valence-electron chi connectivity index (χ1n) is 6.51. The largest absolute Gasteiger partial charge is 0.444 e. The number of likely N-dealkylation sites (N-methyl/N-ethyl adjacent to an activating group) is 1. The number of rotatable bonds is 7. The van der Waals surface area contributed by atoms with E-state index < -0.39 is 5.60 Å². The summed E-state index contributed by atoms with van der Waals surface area (Å²) < 4.78 is 5.25. The molecule has 0 aliphatic rings. The molecular weight excluding hydrogens is 216 g/mol. The first-order valence-corrected chi connectivity index (χ1v) is 6.51. The molecule has 0 aromatic rings. The van der Waals surface area contributed by atoms with Crippen molar-refractivity contribution in [3.05, 3.63) is 0 Å². The van der Waals surface area contributed by atoms with Crippen LogP contribution in [-0.4, -0.2) is 43.3 Å². The maximum atomic E-state index is 11.6. The van der Waals surface area contributed by atoms with E-state index >= 15 is 0 Å². The average molecular weight is 244 g/mol. The molecule has 0 radical (unpaired) electrons. The quantitative estimate of drug-likeness (QED) is 0.700. The van der Waals surface area contributed by atoms with E-state index in [1.807, 2.05) is 20.8 Å². The topological polar surface area (TPSA) is 41.6 Å². The molecule has 0 aromatic heterocycles. The van der Waals surface area contributed by atoms with Crippen molar-refractivity contribution < 1.29 is 9.53 Å². The van der Waals surface area contributed by atoms with Gasteiger partial charge in [-0.3, -0.25) is 0 Å². The fourth-order valence-corrected chi connectivity index (χ4v) is 1.30. The lowest BCUT2D eigenvalue weighted by Gasteiger charge is -2.24. The average Bonchev–Trinajstić information content (AvgIpc) is 2.20. The monoisotopic (exact) mass is 244 g/mol. The Kier molecular flexibility index (Phi) is 7.96. The molecule has 0 unspecified atom stereocenters. The van der Waals surface area contributed by atoms with Gasteiger partial charge in [0.2, 0.25) is 0 Å². The van der Waals surface area contributed by atoms with Crippen molar-refractivity contribution in [3.63, 3.8) is 0 Å². The Balaban J connectivity index is 3.58. The molecule has 0 aliphatic heterocycles. The zero-order chi connectivity index (χ0) is 13.3. The van der Waals surface area contributed by atoms with E-state index in [-0.39, 0.29) is 6.09 Å². The molecule has 4 heteroatoms. The van der Waals surface area contributed by atoms with Crippen LogP contribution in [0.5, 0.6) is 0 Å². The molecule has 0 heterocycles. The summed E-state index contributed by atoms with van der Waals surface area (Å²) in [7, 11) is 1.77. The summed E-state index contributed by atoms with van der Waals surface area (Å²) in [4.78, 5) is 13.2. The summed E-state index contributed by atoms with van der Waals surface area (Å²) in [6.07, 6.45) is 3.44. The van der Waals surface area contributed by atoms with Gasteiger partial charge in [0.1, 0.15) is 5.60 Å². The minimum atomic E-state index is -0.417. The number of amides is 1. The molecule has 0 atom stereocenters. The highest BCUT2D eigenvalue weighted by Crippen LogP contribution is 2.08. The second-order valence-electron chi connectivity index (χ2n) is 5.36. The molecular formula is C13H28N2O2. The van der Waals surface area contributed by atoms with Gasteiger partial charge in [-0.1, -0.05) is 19.8 Å². The van der Waals surface area contributed by atoms with Crippen LogP contribution in [-0.2, 0) is 4.74 Å². The Bertz CT molecular complexity index is 212. The predicted molar refractivity (Wildman–Crippen MR) is 71.3 cm³/mol. The van der Waals surface area contributed by atoms with Crippen LogP contribution >= 0.6 is 0 Å². The van der Waals surface area contributed by atoms with Gasteiger partial charge in [-0.05, 0) is 33.7 Å². The lowest BCUT2D eigenvalue weighted by atomic mass is 10.2. The zero-order valence-electron chi connectivity index (χ0n) is 12.0. The number of hydrogen-bond donors (Lipinski definition) is 1. The molecule has 1 N–H and O–H groups in total. The Morgan fingerprint density at radius 1 is 1.24 bits per heavy atom. The molecule has 0 aromatic carbocycles. The normalized spacial score (nSPS) is 11.4. The minimum absolute atomic E-state index is 0.257. The summed E-state index contributed by atoms with van der Waals surface area (Å²) in [5.74, 6) is 0. The molecule has 0 spiro atoms. The van der Waals surface area contributed by atoms with Crippen molar-refractivity contribution in [2.75, 3.05) is 26.7 Å². The van der Waals surface area contributed by atoms with Gasteiger partial charge in [0.05, 0.1) is 0 Å². The predicted octanol–water partition coefficient (Wildman–Crippen LogP) is 2.63. The Labute approximate surface area is 106 Å². The summed E-state index contributed by atoms with van der Waals surface area (Å²) in [6.45, 7) is 10.3. The van der Waals surface area contributed by atoms with Crippen LogP contribution in [0, 0.1) is 0 Å². The first-order chi connectivity index (χ1) is 7.87. The first kappa shape index (κ1) is 16.2. The SMILES string of the molecule is CCCCCNCCN(C)C(=O)OC(C)(C)C. The van der Waals surface area contributed by atoms with Crippen LogP contribution in [0.1, 0.15) is 47.0 Å². The van der Waals surface area contributed by atoms with Crippen molar-refractivity contribution in [2.24, 2.45) is 0 Å². The second kappa shape index (κ2) is 8.34. The number of hydrogen-bond acceptors (Lipinski definition) is 3. The fourth-order valence-electron chi connectivity index (χ4n) is 1.30. The Morgan fingerprint density at radius 3 is 2.41 bits per heavy atom. The molecule has 0 fully saturated rings. The van der Waals surface area contributed by atoms with E-state index in [2.05, 4.69) is 12.2 Å². The molecule has 0 aliphatic carbocycles. The van der Waals surface area contributed by atoms with Crippen molar-refractivity contribution in [1.82, 2.24) is 10.2 Å². The third-order valence-electron chi connectivity index (χ3n) is 2.29. The maximum Gasteiger partial charge on any atom is 0.410 e. The van der Waals surface area contributed by atoms with Gasteiger partial charge in [0, 0.05) is 20.1 Å². The van der Waals surface area contributed by atoms with Gasteiger partial charge in [-0.15, -0.1) is 0 Å². The number of ether oxygens (including phenoxy) is 1. The van der Waals surface area contributed by atoms with Crippen LogP contribution in [0.25, 0.3) is 0 Å². The standard InChI is InChI=1S/C13H28N2O2/c1-6-7-8-9-14-10-11-15(5)12(16)17-13(2,3)4/h14H,6-11H2,1-5H3. The van der Waals surface area contributed by atoms with E-state index in [4.69, 9.17) is 4.74 Å². The lowest BCUT2D eigenvalue weighted by Crippen LogP contribution is -2.38. The molecule has 0 saturated carbocycles. The van der Waals surface area contributed by atoms with Crippen LogP contribution < -0.4 is 5.32 Å². The fraction of sp³-hybridized carbons (Fsp3) is 0.923. The van der Waals surface area contributed by atoms with Gasteiger partial charge >= 0.3 is 6.09 Å². The van der Waals surface area contributed by atoms with Crippen LogP contribution in [0.2, 0.25) is 0 Å². The number of carbonyl (C=O) groups is 1. The third kappa shape index (κ3) is 10.1. The Morgan fingerprint density at radius 2 is 1.88 bits per heavy atom. The van der Waals surface area contributed by atoms with Crippen molar-refractivity contribution in [2.45, 2.75) is 52.6 Å². The van der Waals surface area contributed by atoms with E-state index in [0.29, 0.717) is 6.54 Å². The van der Waals surface area contributed by atoms with Gasteiger partial charge < -0.3 is 15.0 Å². The maximum absolute atomic E-state index is 11.6. The van der Waals surface area contributed by atoms with E-state index in [0.717, 1.165) is 13.1 Å². The number of nitrogens with zero attached hydrogens (tertiary/aromatic N) is 1. The Hall–Kier alpha value is -0.770.